The molecule has 0 unspecified atom stereocenters. The Morgan fingerprint density at radius 3 is 2.92 bits per heavy atom. The molecule has 2 saturated heterocycles. The zero-order valence-corrected chi connectivity index (χ0v) is 22.5. The zero-order valence-electron chi connectivity index (χ0n) is 21.7. The predicted octanol–water partition coefficient (Wildman–Crippen LogP) is 4.34. The Morgan fingerprint density at radius 2 is 2.18 bits per heavy atom. The van der Waals surface area contributed by atoms with Crippen molar-refractivity contribution in [3.63, 3.8) is 0 Å². The van der Waals surface area contributed by atoms with Crippen molar-refractivity contribution in [1.82, 2.24) is 29.6 Å². The molecule has 2 fully saturated rings. The first-order valence-corrected chi connectivity index (χ1v) is 13.5. The molecule has 0 saturated carbocycles. The smallest absolute Gasteiger partial charge is 0.274 e. The van der Waals surface area contributed by atoms with E-state index in [2.05, 4.69) is 43.4 Å². The Hall–Kier alpha value is -3.27. The first-order chi connectivity index (χ1) is 18.4. The van der Waals surface area contributed by atoms with Gasteiger partial charge in [-0.1, -0.05) is 30.7 Å². The molecule has 198 valence electrons. The minimum Gasteiger partial charge on any atom is -0.379 e. The average Bonchev–Trinajstić information content (AvgIpc) is 3.46. The Bertz CT molecular complexity index is 1480. The van der Waals surface area contributed by atoms with Crippen molar-refractivity contribution < 1.29 is 9.53 Å². The molecule has 0 bridgehead atoms. The molecule has 3 aromatic heterocycles. The number of nitrogens with zero attached hydrogens (tertiary/aromatic N) is 5. The monoisotopic (exact) mass is 533 g/mol. The summed E-state index contributed by atoms with van der Waals surface area (Å²) in [6.07, 6.45) is 6.61. The van der Waals surface area contributed by atoms with Gasteiger partial charge in [-0.2, -0.15) is 0 Å². The van der Waals surface area contributed by atoms with Gasteiger partial charge in [0, 0.05) is 43.9 Å². The number of rotatable bonds is 7. The van der Waals surface area contributed by atoms with E-state index in [4.69, 9.17) is 16.3 Å². The number of aryl methyl sites for hydroxylation is 1. The number of amides is 1. The van der Waals surface area contributed by atoms with Crippen LogP contribution in [0, 0.1) is 5.92 Å². The van der Waals surface area contributed by atoms with Crippen molar-refractivity contribution in [3.8, 4) is 0 Å². The SMILES string of the molecule is C[C@H]1CCCN(Cc2cc(C(=O)Nc3cccc(C4(Cc5nncn5C)COC4)c3)nc3c(Cl)c[nH]c23)C1. The number of hydrogen-bond donors (Lipinski definition) is 2. The largest absolute Gasteiger partial charge is 0.379 e. The fourth-order valence-electron chi connectivity index (χ4n) is 5.66. The second kappa shape index (κ2) is 10.1. The van der Waals surface area contributed by atoms with Gasteiger partial charge in [0.1, 0.15) is 23.4 Å². The molecule has 0 radical (unpaired) electrons. The van der Waals surface area contributed by atoms with Crippen LogP contribution in [-0.4, -0.2) is 61.8 Å². The van der Waals surface area contributed by atoms with Crippen LogP contribution in [0.4, 0.5) is 5.69 Å². The van der Waals surface area contributed by atoms with Gasteiger partial charge < -0.3 is 19.6 Å². The van der Waals surface area contributed by atoms with E-state index >= 15 is 0 Å². The van der Waals surface area contributed by atoms with Gasteiger partial charge in [-0.05, 0) is 54.6 Å². The van der Waals surface area contributed by atoms with Crippen LogP contribution in [0.25, 0.3) is 11.0 Å². The molecule has 1 amide bonds. The van der Waals surface area contributed by atoms with E-state index in [1.807, 2.05) is 35.9 Å². The van der Waals surface area contributed by atoms with Gasteiger partial charge in [-0.3, -0.25) is 9.69 Å². The fraction of sp³-hybridized carbons (Fsp3) is 0.429. The van der Waals surface area contributed by atoms with E-state index in [0.29, 0.717) is 47.5 Å². The van der Waals surface area contributed by atoms with Crippen molar-refractivity contribution in [2.45, 2.75) is 38.1 Å². The maximum absolute atomic E-state index is 13.4. The first kappa shape index (κ1) is 25.0. The number of ether oxygens (including phenoxy) is 1. The van der Waals surface area contributed by atoms with Crippen LogP contribution in [0.5, 0.6) is 0 Å². The number of halogens is 1. The minimum absolute atomic E-state index is 0.198. The molecule has 2 aliphatic rings. The molecule has 1 aromatic carbocycles. The van der Waals surface area contributed by atoms with Gasteiger partial charge in [0.15, 0.2) is 0 Å². The maximum Gasteiger partial charge on any atom is 0.274 e. The second-order valence-corrected chi connectivity index (χ2v) is 11.3. The Balaban J connectivity index is 1.25. The topological polar surface area (TPSA) is 101 Å². The molecule has 38 heavy (non-hydrogen) atoms. The number of aromatic amines is 1. The number of aromatic nitrogens is 5. The normalized spacial score (nSPS) is 19.4. The summed E-state index contributed by atoms with van der Waals surface area (Å²) in [6.45, 7) is 6.34. The lowest BCUT2D eigenvalue weighted by Crippen LogP contribution is -2.49. The fourth-order valence-corrected chi connectivity index (χ4v) is 5.85. The molecule has 2 N–H and O–H groups in total. The molecule has 0 aliphatic carbocycles. The van der Waals surface area contributed by atoms with Gasteiger partial charge in [0.2, 0.25) is 0 Å². The molecule has 1 atom stereocenters. The third-order valence-corrected chi connectivity index (χ3v) is 8.12. The molecule has 2 aliphatic heterocycles. The lowest BCUT2D eigenvalue weighted by molar-refractivity contribution is -0.0610. The number of H-pyrrole nitrogens is 1. The van der Waals surface area contributed by atoms with Crippen molar-refractivity contribution in [2.24, 2.45) is 13.0 Å². The highest BCUT2D eigenvalue weighted by Gasteiger charge is 2.41. The van der Waals surface area contributed by atoms with Crippen molar-refractivity contribution in [3.05, 3.63) is 70.5 Å². The Morgan fingerprint density at radius 1 is 1.32 bits per heavy atom. The van der Waals surface area contributed by atoms with Crippen LogP contribution in [0.3, 0.4) is 0 Å². The van der Waals surface area contributed by atoms with Crippen LogP contribution >= 0.6 is 11.6 Å². The Kier molecular flexibility index (Phi) is 6.67. The summed E-state index contributed by atoms with van der Waals surface area (Å²) in [5.41, 5.74) is 4.52. The minimum atomic E-state index is -0.262. The van der Waals surface area contributed by atoms with Crippen LogP contribution in [-0.2, 0) is 30.2 Å². The summed E-state index contributed by atoms with van der Waals surface area (Å²) in [6, 6.07) is 9.85. The number of carbonyl (C=O) groups excluding carboxylic acids is 1. The number of anilines is 1. The van der Waals surface area contributed by atoms with Gasteiger partial charge in [-0.25, -0.2) is 4.98 Å². The van der Waals surface area contributed by atoms with Crippen molar-refractivity contribution in [2.75, 3.05) is 31.6 Å². The number of benzene rings is 1. The van der Waals surface area contributed by atoms with E-state index in [-0.39, 0.29) is 11.3 Å². The van der Waals surface area contributed by atoms with E-state index in [1.165, 1.54) is 12.8 Å². The number of carbonyl (C=O) groups is 1. The molecule has 0 spiro atoms. The number of nitrogens with one attached hydrogen (secondary N) is 2. The maximum atomic E-state index is 13.4. The first-order valence-electron chi connectivity index (χ1n) is 13.1. The molecule has 10 heteroatoms. The predicted molar refractivity (Wildman–Crippen MR) is 146 cm³/mol. The third kappa shape index (κ3) is 4.81. The van der Waals surface area contributed by atoms with Gasteiger partial charge in [0.05, 0.1) is 23.8 Å². The molecule has 9 nitrogen and oxygen atoms in total. The van der Waals surface area contributed by atoms with E-state index < -0.39 is 0 Å². The highest BCUT2D eigenvalue weighted by Crippen LogP contribution is 2.36. The van der Waals surface area contributed by atoms with Crippen LogP contribution in [0.1, 0.15) is 47.2 Å². The number of likely N-dealkylation sites (tertiary alicyclic amines) is 1. The highest BCUT2D eigenvalue weighted by atomic mass is 35.5. The van der Waals surface area contributed by atoms with Crippen LogP contribution < -0.4 is 5.32 Å². The van der Waals surface area contributed by atoms with Crippen molar-refractivity contribution in [1.29, 1.82) is 0 Å². The third-order valence-electron chi connectivity index (χ3n) is 7.83. The number of hydrogen-bond acceptors (Lipinski definition) is 6. The summed E-state index contributed by atoms with van der Waals surface area (Å²) in [4.78, 5) is 23.8. The molecule has 4 aromatic rings. The van der Waals surface area contributed by atoms with Gasteiger partial charge in [0.25, 0.3) is 5.91 Å². The summed E-state index contributed by atoms with van der Waals surface area (Å²) in [5, 5.41) is 11.9. The summed E-state index contributed by atoms with van der Waals surface area (Å²) >= 11 is 6.45. The Labute approximate surface area is 226 Å². The lowest BCUT2D eigenvalue weighted by Gasteiger charge is -2.41. The van der Waals surface area contributed by atoms with Crippen LogP contribution in [0.15, 0.2) is 42.9 Å². The standard InChI is InChI=1S/C28H32ClN7O2/c1-18-5-4-8-36(13-18)14-19-9-23(33-26-22(29)12-30-25(19)26)27(37)32-21-7-3-6-20(10-21)28(15-38-16-28)11-24-34-31-17-35(24)2/h3,6-7,9-10,12,17-18,30H,4-5,8,11,13-16H2,1-2H3,(H,32,37)/t18-/m0/s1. The zero-order chi connectivity index (χ0) is 26.3. The second-order valence-electron chi connectivity index (χ2n) is 10.9. The number of pyridine rings is 1. The quantitative estimate of drug-likeness (QED) is 0.366. The summed E-state index contributed by atoms with van der Waals surface area (Å²) in [5.74, 6) is 1.31. The van der Waals surface area contributed by atoms with E-state index in [1.54, 1.807) is 12.5 Å². The van der Waals surface area contributed by atoms with Crippen LogP contribution in [0.2, 0.25) is 5.02 Å². The van der Waals surface area contributed by atoms with Crippen molar-refractivity contribution >= 4 is 34.2 Å². The summed E-state index contributed by atoms with van der Waals surface area (Å²) < 4.78 is 7.56. The number of fused-ring (bicyclic) bond motifs is 1. The number of piperidine rings is 1. The molecular formula is C28H32ClN7O2. The van der Waals surface area contributed by atoms with Gasteiger partial charge >= 0.3 is 0 Å². The molecule has 5 heterocycles. The van der Waals surface area contributed by atoms with E-state index in [0.717, 1.165) is 42.1 Å². The highest BCUT2D eigenvalue weighted by molar-refractivity contribution is 6.35. The summed E-state index contributed by atoms with van der Waals surface area (Å²) in [7, 11) is 1.94. The van der Waals surface area contributed by atoms with E-state index in [9.17, 15) is 4.79 Å². The molecular weight excluding hydrogens is 502 g/mol. The molecule has 6 rings (SSSR count). The lowest BCUT2D eigenvalue weighted by atomic mass is 9.75. The average molecular weight is 534 g/mol. The van der Waals surface area contributed by atoms with Gasteiger partial charge in [-0.15, -0.1) is 10.2 Å².